The molecular formula is C16H19N5O3. The summed E-state index contributed by atoms with van der Waals surface area (Å²) in [4.78, 5) is 29.4. The summed E-state index contributed by atoms with van der Waals surface area (Å²) in [5.41, 5.74) is 0.748. The molecule has 8 heteroatoms. The minimum atomic E-state index is -0.859. The number of hydrogen-bond donors (Lipinski definition) is 2. The maximum atomic E-state index is 12.5. The molecule has 1 saturated heterocycles. The number of carboxylic acid groups (broad SMARTS) is 1. The second kappa shape index (κ2) is 6.69. The standard InChI is InChI=1S/C16H19N5O3/c1-11-9-14(21(19-11)13-6-2-3-7-17-13)18-16(24)20-8-4-5-12(10-20)15(22)23/h2-3,6-7,9,12H,4-5,8,10H2,1H3,(H,18,24)(H,22,23). The van der Waals surface area contributed by atoms with E-state index in [-0.39, 0.29) is 12.6 Å². The number of carbonyl (C=O) groups is 2. The highest BCUT2D eigenvalue weighted by Gasteiger charge is 2.28. The number of nitrogens with zero attached hydrogens (tertiary/aromatic N) is 4. The highest BCUT2D eigenvalue weighted by Crippen LogP contribution is 2.19. The number of likely N-dealkylation sites (tertiary alicyclic amines) is 1. The Hall–Kier alpha value is -2.90. The predicted molar refractivity (Wildman–Crippen MR) is 87.0 cm³/mol. The number of hydrogen-bond acceptors (Lipinski definition) is 4. The number of aryl methyl sites for hydroxylation is 1. The monoisotopic (exact) mass is 329 g/mol. The van der Waals surface area contributed by atoms with Crippen LogP contribution in [0.25, 0.3) is 5.82 Å². The van der Waals surface area contributed by atoms with Crippen LogP contribution in [0.3, 0.4) is 0 Å². The van der Waals surface area contributed by atoms with Crippen molar-refractivity contribution in [1.29, 1.82) is 0 Å². The molecule has 0 bridgehead atoms. The van der Waals surface area contributed by atoms with Gasteiger partial charge < -0.3 is 10.0 Å². The highest BCUT2D eigenvalue weighted by molar-refractivity contribution is 5.89. The third-order valence-electron chi connectivity index (χ3n) is 3.99. The van der Waals surface area contributed by atoms with Crippen LogP contribution in [0.5, 0.6) is 0 Å². The molecule has 1 aliphatic rings. The second-order valence-electron chi connectivity index (χ2n) is 5.82. The number of anilines is 1. The van der Waals surface area contributed by atoms with Crippen molar-refractivity contribution in [3.8, 4) is 5.82 Å². The summed E-state index contributed by atoms with van der Waals surface area (Å²) >= 11 is 0. The highest BCUT2D eigenvalue weighted by atomic mass is 16.4. The van der Waals surface area contributed by atoms with Gasteiger partial charge in [0.05, 0.1) is 11.6 Å². The van der Waals surface area contributed by atoms with E-state index in [0.717, 1.165) is 5.69 Å². The lowest BCUT2D eigenvalue weighted by atomic mass is 9.99. The number of carboxylic acids is 1. The fourth-order valence-corrected chi connectivity index (χ4v) is 2.79. The Bertz CT molecular complexity index is 743. The Labute approximate surface area is 139 Å². The molecule has 3 heterocycles. The molecule has 1 fully saturated rings. The van der Waals surface area contributed by atoms with Gasteiger partial charge in [-0.3, -0.25) is 10.1 Å². The third kappa shape index (κ3) is 3.37. The van der Waals surface area contributed by atoms with Gasteiger partial charge in [0.15, 0.2) is 5.82 Å². The van der Waals surface area contributed by atoms with E-state index < -0.39 is 11.9 Å². The first kappa shape index (κ1) is 16.0. The van der Waals surface area contributed by atoms with Gasteiger partial charge in [0.25, 0.3) is 0 Å². The number of amides is 2. The summed E-state index contributed by atoms with van der Waals surface area (Å²) in [6, 6.07) is 6.87. The van der Waals surface area contributed by atoms with Gasteiger partial charge in [0.2, 0.25) is 0 Å². The second-order valence-corrected chi connectivity index (χ2v) is 5.82. The van der Waals surface area contributed by atoms with Crippen molar-refractivity contribution in [3.63, 3.8) is 0 Å². The van der Waals surface area contributed by atoms with Crippen molar-refractivity contribution < 1.29 is 14.7 Å². The van der Waals surface area contributed by atoms with Crippen molar-refractivity contribution in [1.82, 2.24) is 19.7 Å². The fraction of sp³-hybridized carbons (Fsp3) is 0.375. The Morgan fingerprint density at radius 1 is 1.38 bits per heavy atom. The van der Waals surface area contributed by atoms with Crippen LogP contribution in [0.15, 0.2) is 30.5 Å². The Morgan fingerprint density at radius 2 is 2.21 bits per heavy atom. The Morgan fingerprint density at radius 3 is 2.92 bits per heavy atom. The van der Waals surface area contributed by atoms with Gasteiger partial charge in [-0.2, -0.15) is 9.78 Å². The third-order valence-corrected chi connectivity index (χ3v) is 3.99. The van der Waals surface area contributed by atoms with Crippen LogP contribution in [0, 0.1) is 12.8 Å². The number of aromatic nitrogens is 3. The summed E-state index contributed by atoms with van der Waals surface area (Å²) < 4.78 is 1.56. The van der Waals surface area contributed by atoms with E-state index >= 15 is 0 Å². The van der Waals surface area contributed by atoms with Crippen molar-refractivity contribution in [2.45, 2.75) is 19.8 Å². The first-order chi connectivity index (χ1) is 11.5. The lowest BCUT2D eigenvalue weighted by molar-refractivity contribution is -0.143. The van der Waals surface area contributed by atoms with Crippen LogP contribution >= 0.6 is 0 Å². The largest absolute Gasteiger partial charge is 0.481 e. The summed E-state index contributed by atoms with van der Waals surface area (Å²) in [7, 11) is 0. The maximum absolute atomic E-state index is 12.5. The van der Waals surface area contributed by atoms with Gasteiger partial charge in [0, 0.05) is 25.4 Å². The van der Waals surface area contributed by atoms with Crippen LogP contribution < -0.4 is 5.32 Å². The van der Waals surface area contributed by atoms with E-state index in [9.17, 15) is 9.59 Å². The molecule has 3 rings (SSSR count). The Balaban J connectivity index is 1.76. The van der Waals surface area contributed by atoms with E-state index in [1.807, 2.05) is 13.0 Å². The zero-order chi connectivity index (χ0) is 17.1. The molecule has 0 aliphatic carbocycles. The molecule has 1 aliphatic heterocycles. The molecule has 2 N–H and O–H groups in total. The van der Waals surface area contributed by atoms with Crippen molar-refractivity contribution >= 4 is 17.8 Å². The molecular weight excluding hydrogens is 310 g/mol. The maximum Gasteiger partial charge on any atom is 0.323 e. The predicted octanol–water partition coefficient (Wildman–Crippen LogP) is 1.90. The van der Waals surface area contributed by atoms with E-state index in [0.29, 0.717) is 31.0 Å². The normalized spacial score (nSPS) is 17.5. The minimum Gasteiger partial charge on any atom is -0.481 e. The summed E-state index contributed by atoms with van der Waals surface area (Å²) in [5.74, 6) is -0.259. The SMILES string of the molecule is Cc1cc(NC(=O)N2CCCC(C(=O)O)C2)n(-c2ccccn2)n1. The average molecular weight is 329 g/mol. The lowest BCUT2D eigenvalue weighted by Gasteiger charge is -2.30. The van der Waals surface area contributed by atoms with E-state index in [2.05, 4.69) is 15.4 Å². The quantitative estimate of drug-likeness (QED) is 0.896. The average Bonchev–Trinajstić information content (AvgIpc) is 2.96. The number of piperidine rings is 1. The minimum absolute atomic E-state index is 0.220. The number of nitrogens with one attached hydrogen (secondary N) is 1. The first-order valence-electron chi connectivity index (χ1n) is 7.81. The van der Waals surface area contributed by atoms with Crippen LogP contribution in [-0.2, 0) is 4.79 Å². The number of urea groups is 1. The summed E-state index contributed by atoms with van der Waals surface area (Å²) in [6.07, 6.45) is 2.94. The van der Waals surface area contributed by atoms with Gasteiger partial charge in [0.1, 0.15) is 5.82 Å². The molecule has 1 atom stereocenters. The van der Waals surface area contributed by atoms with Crippen LogP contribution in [0.1, 0.15) is 18.5 Å². The van der Waals surface area contributed by atoms with Gasteiger partial charge in [-0.05, 0) is 31.9 Å². The molecule has 0 spiro atoms. The Kier molecular flexibility index (Phi) is 4.45. The smallest absolute Gasteiger partial charge is 0.323 e. The fourth-order valence-electron chi connectivity index (χ4n) is 2.79. The van der Waals surface area contributed by atoms with Crippen LogP contribution in [0.4, 0.5) is 10.6 Å². The molecule has 0 radical (unpaired) electrons. The zero-order valence-electron chi connectivity index (χ0n) is 13.3. The van der Waals surface area contributed by atoms with E-state index in [1.165, 1.54) is 4.90 Å². The molecule has 2 amide bonds. The van der Waals surface area contributed by atoms with Crippen LogP contribution in [-0.4, -0.2) is 49.9 Å². The molecule has 126 valence electrons. The zero-order valence-corrected chi connectivity index (χ0v) is 13.3. The van der Waals surface area contributed by atoms with Crippen molar-refractivity contribution in [3.05, 3.63) is 36.2 Å². The number of rotatable bonds is 3. The van der Waals surface area contributed by atoms with Gasteiger partial charge in [-0.1, -0.05) is 6.07 Å². The molecule has 2 aromatic rings. The van der Waals surface area contributed by atoms with E-state index in [1.54, 1.807) is 29.1 Å². The van der Waals surface area contributed by atoms with Crippen molar-refractivity contribution in [2.75, 3.05) is 18.4 Å². The number of pyridine rings is 1. The molecule has 24 heavy (non-hydrogen) atoms. The molecule has 2 aromatic heterocycles. The number of aliphatic carboxylic acids is 1. The van der Waals surface area contributed by atoms with Gasteiger partial charge in [-0.15, -0.1) is 0 Å². The lowest BCUT2D eigenvalue weighted by Crippen LogP contribution is -2.44. The molecule has 0 aromatic carbocycles. The van der Waals surface area contributed by atoms with Gasteiger partial charge in [-0.25, -0.2) is 9.78 Å². The topological polar surface area (TPSA) is 100 Å². The van der Waals surface area contributed by atoms with Crippen LogP contribution in [0.2, 0.25) is 0 Å². The molecule has 1 unspecified atom stereocenters. The molecule has 8 nitrogen and oxygen atoms in total. The first-order valence-corrected chi connectivity index (χ1v) is 7.81. The molecule has 0 saturated carbocycles. The van der Waals surface area contributed by atoms with Crippen molar-refractivity contribution in [2.24, 2.45) is 5.92 Å². The summed E-state index contributed by atoms with van der Waals surface area (Å²) in [6.45, 7) is 2.60. The van der Waals surface area contributed by atoms with Gasteiger partial charge >= 0.3 is 12.0 Å². The van der Waals surface area contributed by atoms with E-state index in [4.69, 9.17) is 5.11 Å². The summed E-state index contributed by atoms with van der Waals surface area (Å²) in [5, 5.41) is 16.3. The number of carbonyl (C=O) groups excluding carboxylic acids is 1.